The topological polar surface area (TPSA) is 95.9 Å². The predicted molar refractivity (Wildman–Crippen MR) is 107 cm³/mol. The summed E-state index contributed by atoms with van der Waals surface area (Å²) in [6.45, 7) is 0.727. The van der Waals surface area contributed by atoms with E-state index in [-0.39, 0.29) is 24.1 Å². The minimum absolute atomic E-state index is 0. The Morgan fingerprint density at radius 2 is 1.71 bits per heavy atom. The number of aromatic carboxylic acids is 1. The van der Waals surface area contributed by atoms with Crippen molar-refractivity contribution >= 4 is 35.1 Å². The first-order chi connectivity index (χ1) is 13.0. The van der Waals surface area contributed by atoms with Crippen LogP contribution in [0.2, 0.25) is 0 Å². The molecule has 2 aromatic carbocycles. The second-order valence-electron chi connectivity index (χ2n) is 7.61. The molecular formula is C21H24ClNO5. The number of piperidine rings is 1. The molecule has 28 heavy (non-hydrogen) atoms. The van der Waals surface area contributed by atoms with Gasteiger partial charge >= 0.3 is 11.9 Å². The van der Waals surface area contributed by atoms with Gasteiger partial charge in [0.15, 0.2) is 0 Å². The van der Waals surface area contributed by atoms with Gasteiger partial charge in [-0.3, -0.25) is 4.79 Å². The summed E-state index contributed by atoms with van der Waals surface area (Å²) in [5.41, 5.74) is 0.171. The van der Waals surface area contributed by atoms with Gasteiger partial charge in [0, 0.05) is 0 Å². The molecule has 7 heteroatoms. The summed E-state index contributed by atoms with van der Waals surface area (Å²) in [4.78, 5) is 23.0. The smallest absolute Gasteiger partial charge is 0.339 e. The fraction of sp³-hybridized carbons (Fsp3) is 0.429. The molecule has 0 spiro atoms. The molecule has 0 radical (unpaired) electrons. The van der Waals surface area contributed by atoms with Crippen molar-refractivity contribution in [3.63, 3.8) is 0 Å². The van der Waals surface area contributed by atoms with E-state index < -0.39 is 18.0 Å². The van der Waals surface area contributed by atoms with E-state index >= 15 is 0 Å². The number of ether oxygens (including phenoxy) is 1. The van der Waals surface area contributed by atoms with Gasteiger partial charge in [0.05, 0.1) is 6.10 Å². The van der Waals surface area contributed by atoms with Crippen molar-refractivity contribution < 1.29 is 24.5 Å². The van der Waals surface area contributed by atoms with Crippen LogP contribution in [0.5, 0.6) is 5.75 Å². The Kier molecular flexibility index (Phi) is 6.10. The standard InChI is InChI=1S/C21H23NO5.ClH/c23-20(24)17-8-12-3-1-2-4-13(12)10-19(17)27-16-6-5-14-11-22-18(21(25)26)9-15(14)7-16;/h1-4,8,10,14-16,18,22H,5-7,9,11H2,(H,23,24)(H,25,26);1H/t14-,15-,16-,18-;/m0./s1. The zero-order chi connectivity index (χ0) is 19.0. The second kappa shape index (κ2) is 8.37. The molecule has 1 aliphatic heterocycles. The fourth-order valence-corrected chi connectivity index (χ4v) is 4.48. The van der Waals surface area contributed by atoms with Gasteiger partial charge in [-0.2, -0.15) is 0 Å². The van der Waals surface area contributed by atoms with Crippen LogP contribution in [0.25, 0.3) is 10.8 Å². The Balaban J connectivity index is 0.00000225. The lowest BCUT2D eigenvalue weighted by atomic mass is 9.72. The average Bonchev–Trinajstić information content (AvgIpc) is 2.66. The molecule has 2 aliphatic rings. The number of carboxylic acid groups (broad SMARTS) is 2. The number of fused-ring (bicyclic) bond motifs is 2. The van der Waals surface area contributed by atoms with Crippen LogP contribution in [0.3, 0.4) is 0 Å². The van der Waals surface area contributed by atoms with E-state index in [1.54, 1.807) is 12.1 Å². The summed E-state index contributed by atoms with van der Waals surface area (Å²) in [5.74, 6) is -0.652. The first kappa shape index (κ1) is 20.4. The van der Waals surface area contributed by atoms with Crippen molar-refractivity contribution in [1.29, 1.82) is 0 Å². The Bertz CT molecular complexity index is 886. The summed E-state index contributed by atoms with van der Waals surface area (Å²) >= 11 is 0. The molecule has 2 aromatic rings. The first-order valence-corrected chi connectivity index (χ1v) is 9.40. The molecule has 3 N–H and O–H groups in total. The number of carbonyl (C=O) groups is 2. The zero-order valence-electron chi connectivity index (χ0n) is 15.3. The van der Waals surface area contributed by atoms with Gasteiger partial charge in [-0.1, -0.05) is 24.3 Å². The molecule has 1 saturated heterocycles. The Labute approximate surface area is 169 Å². The number of aliphatic carboxylic acids is 1. The van der Waals surface area contributed by atoms with Crippen molar-refractivity contribution in [3.8, 4) is 5.75 Å². The van der Waals surface area contributed by atoms with Gasteiger partial charge in [-0.25, -0.2) is 4.79 Å². The highest BCUT2D eigenvalue weighted by molar-refractivity contribution is 5.97. The Morgan fingerprint density at radius 1 is 1.00 bits per heavy atom. The summed E-state index contributed by atoms with van der Waals surface area (Å²) in [5, 5.41) is 23.8. The van der Waals surface area contributed by atoms with Crippen LogP contribution in [-0.2, 0) is 4.79 Å². The maximum atomic E-state index is 11.7. The van der Waals surface area contributed by atoms with Gasteiger partial charge < -0.3 is 20.3 Å². The average molecular weight is 406 g/mol. The van der Waals surface area contributed by atoms with Crippen LogP contribution in [0, 0.1) is 11.8 Å². The van der Waals surface area contributed by atoms with Crippen LogP contribution < -0.4 is 10.1 Å². The summed E-state index contributed by atoms with van der Waals surface area (Å²) in [6.07, 6.45) is 3.10. The molecule has 0 unspecified atom stereocenters. The number of rotatable bonds is 4. The van der Waals surface area contributed by atoms with Crippen molar-refractivity contribution in [1.82, 2.24) is 5.32 Å². The SMILES string of the molecule is Cl.O=C(O)c1cc2ccccc2cc1O[C@H]1CC[C@H]2CN[C@H](C(=O)O)C[C@@H]2C1. The minimum Gasteiger partial charge on any atom is -0.489 e. The van der Waals surface area contributed by atoms with E-state index in [0.717, 1.165) is 36.6 Å². The maximum absolute atomic E-state index is 11.7. The maximum Gasteiger partial charge on any atom is 0.339 e. The van der Waals surface area contributed by atoms with Gasteiger partial charge in [0.2, 0.25) is 0 Å². The highest BCUT2D eigenvalue weighted by Crippen LogP contribution is 2.38. The van der Waals surface area contributed by atoms with Crippen LogP contribution in [0.4, 0.5) is 0 Å². The lowest BCUT2D eigenvalue weighted by Crippen LogP contribution is -2.50. The summed E-state index contributed by atoms with van der Waals surface area (Å²) in [6, 6.07) is 10.6. The highest BCUT2D eigenvalue weighted by atomic mass is 35.5. The molecule has 0 amide bonds. The molecule has 6 nitrogen and oxygen atoms in total. The monoisotopic (exact) mass is 405 g/mol. The van der Waals surface area contributed by atoms with Gasteiger partial charge in [-0.05, 0) is 67.0 Å². The van der Waals surface area contributed by atoms with E-state index in [2.05, 4.69) is 5.32 Å². The van der Waals surface area contributed by atoms with Crippen LogP contribution >= 0.6 is 12.4 Å². The summed E-state index contributed by atoms with van der Waals surface area (Å²) in [7, 11) is 0. The second-order valence-corrected chi connectivity index (χ2v) is 7.61. The number of benzene rings is 2. The number of nitrogens with one attached hydrogen (secondary N) is 1. The highest BCUT2D eigenvalue weighted by Gasteiger charge is 2.38. The molecule has 150 valence electrons. The van der Waals surface area contributed by atoms with Gasteiger partial charge in [-0.15, -0.1) is 12.4 Å². The van der Waals surface area contributed by atoms with Crippen molar-refractivity contribution in [3.05, 3.63) is 42.0 Å². The number of hydrogen-bond donors (Lipinski definition) is 3. The van der Waals surface area contributed by atoms with Crippen LogP contribution in [0.15, 0.2) is 36.4 Å². The van der Waals surface area contributed by atoms with Gasteiger partial charge in [0.25, 0.3) is 0 Å². The predicted octanol–water partition coefficient (Wildman–Crippen LogP) is 3.57. The lowest BCUT2D eigenvalue weighted by molar-refractivity contribution is -0.141. The zero-order valence-corrected chi connectivity index (χ0v) is 16.2. The fourth-order valence-electron chi connectivity index (χ4n) is 4.48. The molecule has 0 aromatic heterocycles. The normalized spacial score (nSPS) is 26.7. The molecule has 4 rings (SSSR count). The largest absolute Gasteiger partial charge is 0.489 e. The molecule has 1 saturated carbocycles. The van der Waals surface area contributed by atoms with Crippen LogP contribution in [0.1, 0.15) is 36.0 Å². The minimum atomic E-state index is -1.00. The third-order valence-electron chi connectivity index (χ3n) is 5.93. The quantitative estimate of drug-likeness (QED) is 0.719. The van der Waals surface area contributed by atoms with Crippen molar-refractivity contribution in [2.75, 3.05) is 6.54 Å². The van der Waals surface area contributed by atoms with E-state index in [0.29, 0.717) is 24.0 Å². The molecule has 0 bridgehead atoms. The van der Waals surface area contributed by atoms with E-state index in [4.69, 9.17) is 4.74 Å². The summed E-state index contributed by atoms with van der Waals surface area (Å²) < 4.78 is 6.15. The lowest BCUT2D eigenvalue weighted by Gasteiger charge is -2.41. The van der Waals surface area contributed by atoms with Crippen LogP contribution in [-0.4, -0.2) is 40.8 Å². The third kappa shape index (κ3) is 4.08. The molecule has 1 aliphatic carbocycles. The van der Waals surface area contributed by atoms with Crippen molar-refractivity contribution in [2.45, 2.75) is 37.8 Å². The first-order valence-electron chi connectivity index (χ1n) is 9.40. The molecule has 4 atom stereocenters. The van der Waals surface area contributed by atoms with E-state index in [9.17, 15) is 19.8 Å². The Morgan fingerprint density at radius 3 is 2.39 bits per heavy atom. The third-order valence-corrected chi connectivity index (χ3v) is 5.93. The molecule has 1 heterocycles. The Hall–Kier alpha value is -2.31. The van der Waals surface area contributed by atoms with E-state index in [1.807, 2.05) is 24.3 Å². The van der Waals surface area contributed by atoms with Crippen molar-refractivity contribution in [2.24, 2.45) is 11.8 Å². The number of hydrogen-bond acceptors (Lipinski definition) is 4. The molecular weight excluding hydrogens is 382 g/mol. The number of halogens is 1. The van der Waals surface area contributed by atoms with E-state index in [1.165, 1.54) is 0 Å². The number of carboxylic acids is 2. The van der Waals surface area contributed by atoms with Gasteiger partial charge in [0.1, 0.15) is 17.4 Å². The molecule has 2 fully saturated rings.